The van der Waals surface area contributed by atoms with Crippen molar-refractivity contribution in [2.24, 2.45) is 0 Å². The zero-order chi connectivity index (χ0) is 11.8. The summed E-state index contributed by atoms with van der Waals surface area (Å²) >= 11 is 1.56. The Morgan fingerprint density at radius 3 is 2.25 bits per heavy atom. The maximum Gasteiger partial charge on any atom is 0.197 e. The van der Waals surface area contributed by atoms with Crippen molar-refractivity contribution in [2.75, 3.05) is 6.26 Å². The van der Waals surface area contributed by atoms with Crippen molar-refractivity contribution in [1.29, 1.82) is 5.26 Å². The largest absolute Gasteiger partial charge is 0.222 e. The van der Waals surface area contributed by atoms with Crippen LogP contribution in [0.2, 0.25) is 0 Å². The molecule has 1 saturated carbocycles. The van der Waals surface area contributed by atoms with Crippen LogP contribution in [0.3, 0.4) is 0 Å². The fourth-order valence-corrected chi connectivity index (χ4v) is 3.65. The van der Waals surface area contributed by atoms with Gasteiger partial charge in [-0.25, -0.2) is 8.42 Å². The molecule has 0 N–H and O–H groups in total. The molecule has 3 nitrogen and oxygen atoms in total. The lowest BCUT2D eigenvalue weighted by Gasteiger charge is -2.08. The van der Waals surface area contributed by atoms with Gasteiger partial charge in [0.05, 0.1) is 11.0 Å². The molecule has 1 aromatic rings. The van der Waals surface area contributed by atoms with E-state index < -0.39 is 14.6 Å². The zero-order valence-electron chi connectivity index (χ0n) is 8.80. The van der Waals surface area contributed by atoms with E-state index in [4.69, 9.17) is 5.26 Å². The molecule has 0 bridgehead atoms. The standard InChI is InChI=1S/C11H11NO2S2/c1-15-9-2-4-10(5-3-9)16(13,14)11(8-12)6-7-11/h2-5H,6-7H2,1H3. The molecule has 0 aliphatic heterocycles. The zero-order valence-corrected chi connectivity index (χ0v) is 10.4. The van der Waals surface area contributed by atoms with E-state index in [0.29, 0.717) is 12.8 Å². The third-order valence-electron chi connectivity index (χ3n) is 2.79. The van der Waals surface area contributed by atoms with E-state index in [2.05, 4.69) is 0 Å². The van der Waals surface area contributed by atoms with E-state index in [1.807, 2.05) is 12.3 Å². The van der Waals surface area contributed by atoms with Gasteiger partial charge in [0.1, 0.15) is 0 Å². The topological polar surface area (TPSA) is 57.9 Å². The molecule has 1 aliphatic carbocycles. The summed E-state index contributed by atoms with van der Waals surface area (Å²) in [5.41, 5.74) is 0. The quantitative estimate of drug-likeness (QED) is 0.775. The minimum Gasteiger partial charge on any atom is -0.222 e. The van der Waals surface area contributed by atoms with Crippen LogP contribution in [0.4, 0.5) is 0 Å². The average Bonchev–Trinajstić information content (AvgIpc) is 3.10. The van der Waals surface area contributed by atoms with Crippen molar-refractivity contribution in [3.8, 4) is 6.07 Å². The van der Waals surface area contributed by atoms with Gasteiger partial charge in [0.15, 0.2) is 14.6 Å². The molecule has 0 spiro atoms. The van der Waals surface area contributed by atoms with Gasteiger partial charge in [-0.15, -0.1) is 11.8 Å². The van der Waals surface area contributed by atoms with E-state index in [9.17, 15) is 8.42 Å². The first kappa shape index (κ1) is 11.5. The van der Waals surface area contributed by atoms with Gasteiger partial charge in [-0.3, -0.25) is 0 Å². The summed E-state index contributed by atoms with van der Waals surface area (Å²) < 4.78 is 23.1. The summed E-state index contributed by atoms with van der Waals surface area (Å²) in [6.07, 6.45) is 2.84. The summed E-state index contributed by atoms with van der Waals surface area (Å²) in [7, 11) is -3.47. The second-order valence-electron chi connectivity index (χ2n) is 3.79. The molecule has 0 heterocycles. The van der Waals surface area contributed by atoms with Crippen LogP contribution in [-0.2, 0) is 9.84 Å². The number of hydrogen-bond donors (Lipinski definition) is 0. The molecule has 0 aromatic heterocycles. The first-order valence-electron chi connectivity index (χ1n) is 4.86. The molecule has 5 heteroatoms. The molecule has 1 aliphatic rings. The van der Waals surface area contributed by atoms with Gasteiger partial charge in [0.2, 0.25) is 0 Å². The van der Waals surface area contributed by atoms with E-state index in [1.54, 1.807) is 36.0 Å². The van der Waals surface area contributed by atoms with Crippen molar-refractivity contribution >= 4 is 21.6 Å². The maximum absolute atomic E-state index is 12.1. The van der Waals surface area contributed by atoms with Crippen molar-refractivity contribution in [1.82, 2.24) is 0 Å². The van der Waals surface area contributed by atoms with Gasteiger partial charge in [0, 0.05) is 4.90 Å². The average molecular weight is 253 g/mol. The summed E-state index contributed by atoms with van der Waals surface area (Å²) in [4.78, 5) is 1.27. The minimum absolute atomic E-state index is 0.254. The predicted molar refractivity (Wildman–Crippen MR) is 63.0 cm³/mol. The number of benzene rings is 1. The van der Waals surface area contributed by atoms with Gasteiger partial charge >= 0.3 is 0 Å². The molecular weight excluding hydrogens is 242 g/mol. The smallest absolute Gasteiger partial charge is 0.197 e. The molecule has 2 rings (SSSR count). The molecule has 1 fully saturated rings. The lowest BCUT2D eigenvalue weighted by Crippen LogP contribution is -2.21. The van der Waals surface area contributed by atoms with Gasteiger partial charge < -0.3 is 0 Å². The Hall–Kier alpha value is -0.990. The van der Waals surface area contributed by atoms with Crippen LogP contribution in [-0.4, -0.2) is 19.4 Å². The van der Waals surface area contributed by atoms with Crippen LogP contribution in [0, 0.1) is 11.3 Å². The summed E-state index contributed by atoms with van der Waals surface area (Å²) in [6.45, 7) is 0. The first-order chi connectivity index (χ1) is 7.55. The molecule has 84 valence electrons. The Morgan fingerprint density at radius 1 is 1.31 bits per heavy atom. The van der Waals surface area contributed by atoms with Crippen molar-refractivity contribution < 1.29 is 8.42 Å². The van der Waals surface area contributed by atoms with Crippen LogP contribution in [0.25, 0.3) is 0 Å². The van der Waals surface area contributed by atoms with Crippen LogP contribution >= 0.6 is 11.8 Å². The van der Waals surface area contributed by atoms with Gasteiger partial charge in [-0.2, -0.15) is 5.26 Å². The highest BCUT2D eigenvalue weighted by Crippen LogP contribution is 2.46. The first-order valence-corrected chi connectivity index (χ1v) is 7.56. The highest BCUT2D eigenvalue weighted by atomic mass is 32.2. The molecular formula is C11H11NO2S2. The van der Waals surface area contributed by atoms with Crippen molar-refractivity contribution in [2.45, 2.75) is 27.4 Å². The fraction of sp³-hybridized carbons (Fsp3) is 0.364. The number of rotatable bonds is 3. The molecule has 0 atom stereocenters. The van der Waals surface area contributed by atoms with E-state index in [1.165, 1.54) is 0 Å². The molecule has 0 saturated heterocycles. The Morgan fingerprint density at radius 2 is 1.88 bits per heavy atom. The second kappa shape index (κ2) is 3.79. The predicted octanol–water partition coefficient (Wildman–Crippen LogP) is 2.24. The van der Waals surface area contributed by atoms with E-state index in [0.717, 1.165) is 4.90 Å². The van der Waals surface area contributed by atoms with Crippen LogP contribution in [0.1, 0.15) is 12.8 Å². The number of thioether (sulfide) groups is 1. The van der Waals surface area contributed by atoms with Gasteiger partial charge in [0.25, 0.3) is 0 Å². The number of nitrogens with zero attached hydrogens (tertiary/aromatic N) is 1. The van der Waals surface area contributed by atoms with E-state index >= 15 is 0 Å². The number of nitriles is 1. The number of hydrogen-bond acceptors (Lipinski definition) is 4. The van der Waals surface area contributed by atoms with Crippen LogP contribution in [0.5, 0.6) is 0 Å². The fourth-order valence-electron chi connectivity index (χ4n) is 1.53. The molecule has 1 aromatic carbocycles. The van der Waals surface area contributed by atoms with Gasteiger partial charge in [-0.05, 0) is 43.4 Å². The molecule has 16 heavy (non-hydrogen) atoms. The lowest BCUT2D eigenvalue weighted by atomic mass is 10.4. The Kier molecular flexibility index (Phi) is 2.72. The second-order valence-corrected chi connectivity index (χ2v) is 6.92. The summed E-state index contributed by atoms with van der Waals surface area (Å²) in [6, 6.07) is 8.63. The lowest BCUT2D eigenvalue weighted by molar-refractivity contribution is 0.588. The molecule has 0 unspecified atom stereocenters. The highest BCUT2D eigenvalue weighted by Gasteiger charge is 2.55. The molecule has 0 amide bonds. The van der Waals surface area contributed by atoms with Crippen molar-refractivity contribution in [3.05, 3.63) is 24.3 Å². The van der Waals surface area contributed by atoms with Crippen LogP contribution in [0.15, 0.2) is 34.1 Å². The van der Waals surface area contributed by atoms with E-state index in [-0.39, 0.29) is 4.90 Å². The maximum atomic E-state index is 12.1. The SMILES string of the molecule is CSc1ccc(S(=O)(=O)C2(C#N)CC2)cc1. The van der Waals surface area contributed by atoms with Crippen LogP contribution < -0.4 is 0 Å². The Bertz CT molecular complexity index is 536. The third-order valence-corrected chi connectivity index (χ3v) is 5.96. The number of sulfone groups is 1. The van der Waals surface area contributed by atoms with Crippen molar-refractivity contribution in [3.63, 3.8) is 0 Å². The normalized spacial score (nSPS) is 17.8. The molecule has 0 radical (unpaired) electrons. The Balaban J connectivity index is 2.42. The monoisotopic (exact) mass is 253 g/mol. The minimum atomic E-state index is -3.47. The summed E-state index contributed by atoms with van der Waals surface area (Å²) in [5.74, 6) is 0. The van der Waals surface area contributed by atoms with Gasteiger partial charge in [-0.1, -0.05) is 0 Å². The Labute approximate surface area is 99.4 Å². The third kappa shape index (κ3) is 1.62. The highest BCUT2D eigenvalue weighted by molar-refractivity contribution is 7.98. The summed E-state index contributed by atoms with van der Waals surface area (Å²) in [5, 5.41) is 8.92.